The lowest BCUT2D eigenvalue weighted by molar-refractivity contribution is 0.245. The van der Waals surface area contributed by atoms with E-state index in [1.54, 1.807) is 6.26 Å². The van der Waals surface area contributed by atoms with Gasteiger partial charge in [0.05, 0.1) is 0 Å². The number of rotatable bonds is 6. The molecular formula is C14H29NOS. The van der Waals surface area contributed by atoms with E-state index >= 15 is 0 Å². The summed E-state index contributed by atoms with van der Waals surface area (Å²) in [5.41, 5.74) is 0. The first kappa shape index (κ1) is 15.2. The molecule has 0 aromatic carbocycles. The Morgan fingerprint density at radius 1 is 1.29 bits per heavy atom. The fraction of sp³-hybridized carbons (Fsp3) is 1.00. The highest BCUT2D eigenvalue weighted by molar-refractivity contribution is 7.84. The highest BCUT2D eigenvalue weighted by Crippen LogP contribution is 2.29. The molecule has 0 saturated heterocycles. The molecule has 0 aromatic heterocycles. The molecule has 0 bridgehead atoms. The molecule has 3 heteroatoms. The van der Waals surface area contributed by atoms with Crippen LogP contribution in [-0.4, -0.2) is 28.3 Å². The average Bonchev–Trinajstić information content (AvgIpc) is 2.14. The zero-order chi connectivity index (χ0) is 12.8. The second-order valence-corrected chi connectivity index (χ2v) is 7.65. The van der Waals surface area contributed by atoms with E-state index in [0.29, 0.717) is 12.1 Å². The predicted octanol–water partition coefficient (Wildman–Crippen LogP) is 2.95. The lowest BCUT2D eigenvalue weighted by atomic mass is 9.81. The molecule has 0 radical (unpaired) electrons. The topological polar surface area (TPSA) is 29.1 Å². The highest BCUT2D eigenvalue weighted by Gasteiger charge is 2.23. The van der Waals surface area contributed by atoms with Gasteiger partial charge >= 0.3 is 0 Å². The Labute approximate surface area is 109 Å². The Morgan fingerprint density at radius 2 is 2.00 bits per heavy atom. The maximum absolute atomic E-state index is 11.2. The first-order valence-electron chi connectivity index (χ1n) is 7.03. The van der Waals surface area contributed by atoms with Crippen LogP contribution in [0.5, 0.6) is 0 Å². The number of nitrogens with one attached hydrogen (secondary N) is 1. The normalized spacial score (nSPS) is 29.2. The minimum atomic E-state index is -0.680. The molecular weight excluding hydrogens is 230 g/mol. The monoisotopic (exact) mass is 259 g/mol. The molecule has 4 unspecified atom stereocenters. The van der Waals surface area contributed by atoms with Crippen molar-refractivity contribution in [2.75, 3.05) is 12.0 Å². The SMILES string of the molecule is CC(C)CC1CCCC(NC(C)CS(C)=O)C1. The first-order valence-corrected chi connectivity index (χ1v) is 8.76. The van der Waals surface area contributed by atoms with E-state index in [0.717, 1.165) is 17.6 Å². The van der Waals surface area contributed by atoms with Gasteiger partial charge in [0.1, 0.15) is 0 Å². The van der Waals surface area contributed by atoms with Gasteiger partial charge in [-0.25, -0.2) is 0 Å². The smallest absolute Gasteiger partial charge is 0.0383 e. The summed E-state index contributed by atoms with van der Waals surface area (Å²) in [6.07, 6.45) is 8.54. The molecule has 1 N–H and O–H groups in total. The van der Waals surface area contributed by atoms with E-state index in [9.17, 15) is 4.21 Å². The van der Waals surface area contributed by atoms with Crippen LogP contribution in [0.15, 0.2) is 0 Å². The molecule has 1 aliphatic rings. The van der Waals surface area contributed by atoms with Crippen LogP contribution in [0.2, 0.25) is 0 Å². The van der Waals surface area contributed by atoms with Crippen molar-refractivity contribution in [3.05, 3.63) is 0 Å². The van der Waals surface area contributed by atoms with Crippen molar-refractivity contribution in [1.29, 1.82) is 0 Å². The summed E-state index contributed by atoms with van der Waals surface area (Å²) >= 11 is 0. The van der Waals surface area contributed by atoms with E-state index in [1.807, 2.05) is 0 Å². The van der Waals surface area contributed by atoms with E-state index in [4.69, 9.17) is 0 Å². The van der Waals surface area contributed by atoms with Crippen LogP contribution < -0.4 is 5.32 Å². The number of hydrogen-bond acceptors (Lipinski definition) is 2. The summed E-state index contributed by atoms with van der Waals surface area (Å²) in [6, 6.07) is 1.05. The molecule has 4 atom stereocenters. The van der Waals surface area contributed by atoms with Gasteiger partial charge in [-0.05, 0) is 38.0 Å². The molecule has 0 heterocycles. The first-order chi connectivity index (χ1) is 7.97. The number of hydrogen-bond donors (Lipinski definition) is 1. The van der Waals surface area contributed by atoms with Gasteiger partial charge in [0.2, 0.25) is 0 Å². The molecule has 0 aromatic rings. The Kier molecular flexibility index (Phi) is 6.71. The second-order valence-electron chi connectivity index (χ2n) is 6.17. The summed E-state index contributed by atoms with van der Waals surface area (Å²) in [6.45, 7) is 6.80. The molecule has 1 fully saturated rings. The lowest BCUT2D eigenvalue weighted by Crippen LogP contribution is -2.42. The van der Waals surface area contributed by atoms with Crippen molar-refractivity contribution >= 4 is 10.8 Å². The van der Waals surface area contributed by atoms with Crippen LogP contribution >= 0.6 is 0 Å². The van der Waals surface area contributed by atoms with Gasteiger partial charge in [-0.15, -0.1) is 0 Å². The minimum absolute atomic E-state index is 0.392. The fourth-order valence-corrected chi connectivity index (χ4v) is 3.93. The van der Waals surface area contributed by atoms with Crippen LogP contribution in [-0.2, 0) is 10.8 Å². The molecule has 0 amide bonds. The largest absolute Gasteiger partial charge is 0.311 e. The van der Waals surface area contributed by atoms with Gasteiger partial charge in [0, 0.05) is 34.9 Å². The van der Waals surface area contributed by atoms with Gasteiger partial charge in [-0.1, -0.05) is 26.7 Å². The average molecular weight is 259 g/mol. The molecule has 1 rings (SSSR count). The zero-order valence-corrected chi connectivity index (χ0v) is 12.7. The Hall–Kier alpha value is 0.110. The molecule has 17 heavy (non-hydrogen) atoms. The summed E-state index contributed by atoms with van der Waals surface area (Å²) in [5, 5.41) is 3.66. The van der Waals surface area contributed by atoms with Crippen molar-refractivity contribution in [3.8, 4) is 0 Å². The fourth-order valence-electron chi connectivity index (χ4n) is 3.13. The molecule has 102 valence electrons. The summed E-state index contributed by atoms with van der Waals surface area (Å²) < 4.78 is 11.2. The van der Waals surface area contributed by atoms with Crippen molar-refractivity contribution < 1.29 is 4.21 Å². The third kappa shape index (κ3) is 6.56. The van der Waals surface area contributed by atoms with Crippen molar-refractivity contribution in [2.24, 2.45) is 11.8 Å². The zero-order valence-electron chi connectivity index (χ0n) is 11.9. The van der Waals surface area contributed by atoms with Crippen LogP contribution in [0.3, 0.4) is 0 Å². The van der Waals surface area contributed by atoms with E-state index < -0.39 is 10.8 Å². The van der Waals surface area contributed by atoms with E-state index in [-0.39, 0.29) is 0 Å². The molecule has 2 nitrogen and oxygen atoms in total. The van der Waals surface area contributed by atoms with Gasteiger partial charge in [0.15, 0.2) is 0 Å². The lowest BCUT2D eigenvalue weighted by Gasteiger charge is -2.32. The summed E-state index contributed by atoms with van der Waals surface area (Å²) in [7, 11) is -0.680. The summed E-state index contributed by atoms with van der Waals surface area (Å²) in [5.74, 6) is 2.51. The quantitative estimate of drug-likeness (QED) is 0.794. The molecule has 1 aliphatic carbocycles. The van der Waals surface area contributed by atoms with Gasteiger partial charge < -0.3 is 5.32 Å². The van der Waals surface area contributed by atoms with Gasteiger partial charge in [0.25, 0.3) is 0 Å². The Morgan fingerprint density at radius 3 is 2.59 bits per heavy atom. The minimum Gasteiger partial charge on any atom is -0.311 e. The third-order valence-corrected chi connectivity index (χ3v) is 4.56. The Bertz CT molecular complexity index is 242. The van der Waals surface area contributed by atoms with Crippen LogP contribution in [0.25, 0.3) is 0 Å². The standard InChI is InChI=1S/C14H29NOS/c1-11(2)8-13-6-5-7-14(9-13)15-12(3)10-17(4)16/h11-15H,5-10H2,1-4H3. The summed E-state index contributed by atoms with van der Waals surface area (Å²) in [4.78, 5) is 0. The predicted molar refractivity (Wildman–Crippen MR) is 76.7 cm³/mol. The van der Waals surface area contributed by atoms with Gasteiger partial charge in [-0.2, -0.15) is 0 Å². The third-order valence-electron chi connectivity index (χ3n) is 3.59. The Balaban J connectivity index is 2.31. The van der Waals surface area contributed by atoms with Crippen molar-refractivity contribution in [3.63, 3.8) is 0 Å². The van der Waals surface area contributed by atoms with Crippen LogP contribution in [0.1, 0.15) is 52.9 Å². The van der Waals surface area contributed by atoms with E-state index in [1.165, 1.54) is 32.1 Å². The van der Waals surface area contributed by atoms with Gasteiger partial charge in [-0.3, -0.25) is 4.21 Å². The molecule has 0 aliphatic heterocycles. The maximum Gasteiger partial charge on any atom is 0.0383 e. The molecule has 0 spiro atoms. The maximum atomic E-state index is 11.2. The highest BCUT2D eigenvalue weighted by atomic mass is 32.2. The molecule has 1 saturated carbocycles. The van der Waals surface area contributed by atoms with Crippen LogP contribution in [0.4, 0.5) is 0 Å². The van der Waals surface area contributed by atoms with Crippen LogP contribution in [0, 0.1) is 11.8 Å². The van der Waals surface area contributed by atoms with E-state index in [2.05, 4.69) is 26.1 Å². The van der Waals surface area contributed by atoms with Crippen molar-refractivity contribution in [2.45, 2.75) is 65.0 Å². The van der Waals surface area contributed by atoms with Crippen molar-refractivity contribution in [1.82, 2.24) is 5.32 Å². The second kappa shape index (κ2) is 7.52.